The topological polar surface area (TPSA) is 137 Å². The average molecular weight is 450 g/mol. The van der Waals surface area contributed by atoms with Gasteiger partial charge in [-0.1, -0.05) is 44.2 Å². The van der Waals surface area contributed by atoms with Crippen LogP contribution in [0.15, 0.2) is 30.3 Å². The summed E-state index contributed by atoms with van der Waals surface area (Å²) >= 11 is 0. The smallest absolute Gasteiger partial charge is 0.408 e. The second-order valence-electron chi connectivity index (χ2n) is 8.98. The Hall–Kier alpha value is -3.10. The van der Waals surface area contributed by atoms with E-state index in [2.05, 4.69) is 10.6 Å². The highest BCUT2D eigenvalue weighted by molar-refractivity contribution is 5.91. The molecule has 32 heavy (non-hydrogen) atoms. The van der Waals surface area contributed by atoms with Crippen LogP contribution in [-0.2, 0) is 30.5 Å². The Labute approximate surface area is 189 Å². The molecule has 9 heteroatoms. The first-order valence-corrected chi connectivity index (χ1v) is 10.7. The fraction of sp³-hybridized carbons (Fsp3) is 0.565. The van der Waals surface area contributed by atoms with Gasteiger partial charge in [-0.2, -0.15) is 0 Å². The Kier molecular flexibility index (Phi) is 10.7. The summed E-state index contributed by atoms with van der Waals surface area (Å²) in [5, 5.41) is 5.03. The lowest BCUT2D eigenvalue weighted by atomic mass is 10.0. The van der Waals surface area contributed by atoms with Crippen LogP contribution in [0.2, 0.25) is 0 Å². The normalized spacial score (nSPS) is 13.1. The van der Waals surface area contributed by atoms with E-state index in [0.717, 1.165) is 5.56 Å². The number of amides is 3. The Balaban J connectivity index is 2.77. The molecule has 1 rings (SSSR count). The van der Waals surface area contributed by atoms with Crippen LogP contribution in [0, 0.1) is 5.92 Å². The molecule has 0 unspecified atom stereocenters. The van der Waals surface area contributed by atoms with Crippen LogP contribution in [0.5, 0.6) is 0 Å². The van der Waals surface area contributed by atoms with Gasteiger partial charge >= 0.3 is 12.1 Å². The summed E-state index contributed by atoms with van der Waals surface area (Å²) in [6.07, 6.45) is -0.619. The molecule has 0 saturated carbocycles. The van der Waals surface area contributed by atoms with E-state index in [0.29, 0.717) is 6.42 Å². The molecule has 0 bridgehead atoms. The third-order valence-corrected chi connectivity index (χ3v) is 4.25. The summed E-state index contributed by atoms with van der Waals surface area (Å²) in [5.41, 5.74) is 5.46. The van der Waals surface area contributed by atoms with Gasteiger partial charge in [0.1, 0.15) is 24.3 Å². The van der Waals surface area contributed by atoms with Crippen LogP contribution in [0.3, 0.4) is 0 Å². The third kappa shape index (κ3) is 11.3. The maximum Gasteiger partial charge on any atom is 0.408 e. The lowest BCUT2D eigenvalue weighted by Gasteiger charge is -2.25. The molecule has 0 heterocycles. The first-order chi connectivity index (χ1) is 14.9. The fourth-order valence-electron chi connectivity index (χ4n) is 2.78. The van der Waals surface area contributed by atoms with Crippen molar-refractivity contribution >= 4 is 23.9 Å². The molecule has 178 valence electrons. The number of nitrogens with one attached hydrogen (secondary N) is 2. The van der Waals surface area contributed by atoms with Gasteiger partial charge in [0.05, 0.1) is 0 Å². The molecular formula is C23H35N3O6. The van der Waals surface area contributed by atoms with E-state index in [1.165, 1.54) is 0 Å². The van der Waals surface area contributed by atoms with Gasteiger partial charge in [-0.05, 0) is 45.1 Å². The highest BCUT2D eigenvalue weighted by atomic mass is 16.6. The Morgan fingerprint density at radius 1 is 1.00 bits per heavy atom. The van der Waals surface area contributed by atoms with E-state index in [1.807, 2.05) is 44.2 Å². The quantitative estimate of drug-likeness (QED) is 0.444. The Bertz CT molecular complexity index is 774. The van der Waals surface area contributed by atoms with Crippen LogP contribution in [0.4, 0.5) is 4.79 Å². The molecule has 0 saturated heterocycles. The number of benzene rings is 1. The number of primary amides is 1. The lowest BCUT2D eigenvalue weighted by molar-refractivity contribution is -0.145. The van der Waals surface area contributed by atoms with Crippen LogP contribution in [-0.4, -0.2) is 41.6 Å². The molecular weight excluding hydrogens is 414 g/mol. The van der Waals surface area contributed by atoms with Gasteiger partial charge in [0.15, 0.2) is 0 Å². The van der Waals surface area contributed by atoms with Gasteiger partial charge < -0.3 is 25.8 Å². The lowest BCUT2D eigenvalue weighted by Crippen LogP contribution is -2.53. The predicted molar refractivity (Wildman–Crippen MR) is 119 cm³/mol. The summed E-state index contributed by atoms with van der Waals surface area (Å²) in [7, 11) is 0. The van der Waals surface area contributed by atoms with Crippen LogP contribution in [0.1, 0.15) is 59.4 Å². The summed E-state index contributed by atoms with van der Waals surface area (Å²) < 4.78 is 10.4. The molecule has 0 aliphatic rings. The zero-order valence-electron chi connectivity index (χ0n) is 19.5. The van der Waals surface area contributed by atoms with Gasteiger partial charge in [0.2, 0.25) is 11.8 Å². The summed E-state index contributed by atoms with van der Waals surface area (Å²) in [6, 6.07) is 7.17. The molecule has 4 N–H and O–H groups in total. The highest BCUT2D eigenvalue weighted by Gasteiger charge is 2.28. The number of rotatable bonds is 11. The summed E-state index contributed by atoms with van der Waals surface area (Å²) in [5.74, 6) is -1.72. The highest BCUT2D eigenvalue weighted by Crippen LogP contribution is 2.10. The van der Waals surface area contributed by atoms with E-state index in [4.69, 9.17) is 15.2 Å². The van der Waals surface area contributed by atoms with Crippen molar-refractivity contribution in [1.82, 2.24) is 10.6 Å². The summed E-state index contributed by atoms with van der Waals surface area (Å²) in [4.78, 5) is 48.9. The van der Waals surface area contributed by atoms with Crippen molar-refractivity contribution in [3.63, 3.8) is 0 Å². The van der Waals surface area contributed by atoms with Crippen LogP contribution < -0.4 is 16.4 Å². The molecule has 1 aromatic carbocycles. The third-order valence-electron chi connectivity index (χ3n) is 4.25. The van der Waals surface area contributed by atoms with Crippen LogP contribution in [0.25, 0.3) is 0 Å². The minimum absolute atomic E-state index is 0.0359. The number of nitrogens with two attached hydrogens (primary N) is 1. The maximum atomic E-state index is 12.8. The first kappa shape index (κ1) is 26.9. The fourth-order valence-corrected chi connectivity index (χ4v) is 2.78. The Morgan fingerprint density at radius 2 is 1.62 bits per heavy atom. The number of ether oxygens (including phenoxy) is 2. The van der Waals surface area contributed by atoms with E-state index in [1.54, 1.807) is 20.8 Å². The number of esters is 1. The number of hydrogen-bond acceptors (Lipinski definition) is 6. The molecule has 2 atom stereocenters. The van der Waals surface area contributed by atoms with Gasteiger partial charge in [0.25, 0.3) is 0 Å². The van der Waals surface area contributed by atoms with E-state index in [-0.39, 0.29) is 25.4 Å². The molecule has 0 aromatic heterocycles. The molecule has 1 aromatic rings. The minimum Gasteiger partial charge on any atom is -0.461 e. The van der Waals surface area contributed by atoms with Gasteiger partial charge in [0, 0.05) is 6.42 Å². The van der Waals surface area contributed by atoms with E-state index in [9.17, 15) is 19.2 Å². The van der Waals surface area contributed by atoms with Gasteiger partial charge in [-0.25, -0.2) is 4.79 Å². The van der Waals surface area contributed by atoms with E-state index >= 15 is 0 Å². The molecule has 3 amide bonds. The SMILES string of the molecule is CC(C)C[C@H](NC(=O)[C@H](CCC(=O)OCc1ccccc1)NC(=O)OC(C)(C)C)C(N)=O. The maximum absolute atomic E-state index is 12.8. The molecule has 0 fully saturated rings. The van der Waals surface area contributed by atoms with Crippen LogP contribution >= 0.6 is 0 Å². The largest absolute Gasteiger partial charge is 0.461 e. The Morgan fingerprint density at radius 3 is 2.16 bits per heavy atom. The van der Waals surface area contributed by atoms with Crippen molar-refractivity contribution in [3.05, 3.63) is 35.9 Å². The van der Waals surface area contributed by atoms with E-state index < -0.39 is 41.6 Å². The predicted octanol–water partition coefficient (Wildman–Crippen LogP) is 2.42. The van der Waals surface area contributed by atoms with Crippen molar-refractivity contribution in [3.8, 4) is 0 Å². The zero-order valence-corrected chi connectivity index (χ0v) is 19.5. The second kappa shape index (κ2) is 12.7. The average Bonchev–Trinajstić information content (AvgIpc) is 2.67. The molecule has 0 aliphatic carbocycles. The van der Waals surface area contributed by atoms with Crippen molar-refractivity contribution in [2.24, 2.45) is 11.7 Å². The second-order valence-corrected chi connectivity index (χ2v) is 8.98. The van der Waals surface area contributed by atoms with Crippen molar-refractivity contribution < 1.29 is 28.7 Å². The van der Waals surface area contributed by atoms with Crippen molar-refractivity contribution in [2.75, 3.05) is 0 Å². The molecule has 9 nitrogen and oxygen atoms in total. The van der Waals surface area contributed by atoms with Gasteiger partial charge in [-0.3, -0.25) is 14.4 Å². The zero-order chi connectivity index (χ0) is 24.3. The van der Waals surface area contributed by atoms with Gasteiger partial charge in [-0.15, -0.1) is 0 Å². The molecule has 0 spiro atoms. The molecule has 0 aliphatic heterocycles. The monoisotopic (exact) mass is 449 g/mol. The first-order valence-electron chi connectivity index (χ1n) is 10.7. The number of carbonyl (C=O) groups excluding carboxylic acids is 4. The number of hydrogen-bond donors (Lipinski definition) is 3. The number of alkyl carbamates (subject to hydrolysis) is 1. The number of carbonyl (C=O) groups is 4. The summed E-state index contributed by atoms with van der Waals surface area (Å²) in [6.45, 7) is 8.95. The molecule has 0 radical (unpaired) electrons. The van der Waals surface area contributed by atoms with Crippen molar-refractivity contribution in [1.29, 1.82) is 0 Å². The van der Waals surface area contributed by atoms with Crippen molar-refractivity contribution in [2.45, 2.75) is 78.2 Å². The minimum atomic E-state index is -1.11. The standard InChI is InChI=1S/C23H35N3O6/c1-15(2)13-18(20(24)28)25-21(29)17(26-22(30)32-23(3,4)5)11-12-19(27)31-14-16-9-7-6-8-10-16/h6-10,15,17-18H,11-14H2,1-5H3,(H2,24,28)(H,25,29)(H,26,30)/t17-,18-/m0/s1.